The molecular formula is C14H7BrClF5. The van der Waals surface area contributed by atoms with Crippen LogP contribution in [0.15, 0.2) is 40.9 Å². The van der Waals surface area contributed by atoms with Gasteiger partial charge in [-0.15, -0.1) is 11.6 Å². The highest BCUT2D eigenvalue weighted by molar-refractivity contribution is 9.10. The van der Waals surface area contributed by atoms with Crippen LogP contribution in [-0.2, 0) is 6.18 Å². The maximum absolute atomic E-state index is 13.2. The number of halogens is 7. The zero-order chi connectivity index (χ0) is 15.8. The van der Waals surface area contributed by atoms with Crippen LogP contribution < -0.4 is 0 Å². The Labute approximate surface area is 130 Å². The third-order valence-corrected chi connectivity index (χ3v) is 4.02. The average molecular weight is 386 g/mol. The van der Waals surface area contributed by atoms with Crippen molar-refractivity contribution in [3.8, 4) is 0 Å². The van der Waals surface area contributed by atoms with E-state index >= 15 is 0 Å². The lowest BCUT2D eigenvalue weighted by Gasteiger charge is -2.15. The normalized spacial score (nSPS) is 13.3. The van der Waals surface area contributed by atoms with Crippen molar-refractivity contribution in [1.82, 2.24) is 0 Å². The van der Waals surface area contributed by atoms with E-state index in [2.05, 4.69) is 15.9 Å². The van der Waals surface area contributed by atoms with Crippen LogP contribution in [-0.4, -0.2) is 0 Å². The molecule has 0 spiro atoms. The Hall–Kier alpha value is -1.14. The van der Waals surface area contributed by atoms with E-state index in [0.29, 0.717) is 0 Å². The van der Waals surface area contributed by atoms with Gasteiger partial charge in [-0.2, -0.15) is 13.2 Å². The Bertz CT molecular complexity index is 669. The van der Waals surface area contributed by atoms with Gasteiger partial charge in [0.05, 0.1) is 10.9 Å². The molecule has 2 aromatic rings. The van der Waals surface area contributed by atoms with Crippen LogP contribution in [0.3, 0.4) is 0 Å². The molecule has 0 aliphatic carbocycles. The standard InChI is InChI=1S/C14H7BrClF5/c15-10-3-1-7(5-9(10)14(19,20)21)13(16)8-2-4-11(17)12(18)6-8/h1-6,13H. The Balaban J connectivity index is 2.44. The summed E-state index contributed by atoms with van der Waals surface area (Å²) in [4.78, 5) is 0. The molecule has 0 heterocycles. The van der Waals surface area contributed by atoms with Gasteiger partial charge in [0.1, 0.15) is 0 Å². The lowest BCUT2D eigenvalue weighted by molar-refractivity contribution is -0.138. The highest BCUT2D eigenvalue weighted by atomic mass is 79.9. The van der Waals surface area contributed by atoms with Gasteiger partial charge in [0.15, 0.2) is 11.6 Å². The molecule has 112 valence electrons. The summed E-state index contributed by atoms with van der Waals surface area (Å²) < 4.78 is 64.4. The van der Waals surface area contributed by atoms with E-state index in [1.807, 2.05) is 0 Å². The van der Waals surface area contributed by atoms with Crippen molar-refractivity contribution in [2.75, 3.05) is 0 Å². The summed E-state index contributed by atoms with van der Waals surface area (Å²) in [6, 6.07) is 6.45. The molecule has 2 rings (SSSR count). The fourth-order valence-electron chi connectivity index (χ4n) is 1.78. The first-order valence-corrected chi connectivity index (χ1v) is 6.88. The van der Waals surface area contributed by atoms with Crippen LogP contribution in [0, 0.1) is 11.6 Å². The third kappa shape index (κ3) is 3.55. The largest absolute Gasteiger partial charge is 0.417 e. The number of rotatable bonds is 2. The number of hydrogen-bond acceptors (Lipinski definition) is 0. The molecule has 0 aliphatic heterocycles. The fourth-order valence-corrected chi connectivity index (χ4v) is 2.52. The molecular weight excluding hydrogens is 379 g/mol. The topological polar surface area (TPSA) is 0 Å². The molecule has 21 heavy (non-hydrogen) atoms. The van der Waals surface area contributed by atoms with Gasteiger partial charge in [-0.3, -0.25) is 0 Å². The number of hydrogen-bond donors (Lipinski definition) is 0. The van der Waals surface area contributed by atoms with E-state index in [9.17, 15) is 22.0 Å². The van der Waals surface area contributed by atoms with E-state index < -0.39 is 28.8 Å². The Kier molecular flexibility index (Phi) is 4.58. The van der Waals surface area contributed by atoms with Crippen LogP contribution in [0.1, 0.15) is 22.1 Å². The SMILES string of the molecule is Fc1ccc(C(Cl)c2ccc(Br)c(C(F)(F)F)c2)cc1F. The molecule has 0 amide bonds. The van der Waals surface area contributed by atoms with Gasteiger partial charge in [-0.1, -0.05) is 28.1 Å². The van der Waals surface area contributed by atoms with Crippen molar-refractivity contribution in [3.05, 3.63) is 69.2 Å². The average Bonchev–Trinajstić information content (AvgIpc) is 2.40. The summed E-state index contributed by atoms with van der Waals surface area (Å²) in [6.07, 6.45) is -4.54. The van der Waals surface area contributed by atoms with Gasteiger partial charge in [0, 0.05) is 4.47 Å². The first-order chi connectivity index (χ1) is 9.70. The zero-order valence-electron chi connectivity index (χ0n) is 10.2. The predicted molar refractivity (Wildman–Crippen MR) is 73.2 cm³/mol. The summed E-state index contributed by atoms with van der Waals surface area (Å²) in [5.74, 6) is -2.15. The third-order valence-electron chi connectivity index (χ3n) is 2.82. The van der Waals surface area contributed by atoms with Crippen LogP contribution in [0.4, 0.5) is 22.0 Å². The van der Waals surface area contributed by atoms with Gasteiger partial charge in [-0.05, 0) is 35.4 Å². The molecule has 0 aromatic heterocycles. The van der Waals surface area contributed by atoms with E-state index in [4.69, 9.17) is 11.6 Å². The maximum atomic E-state index is 13.2. The van der Waals surface area contributed by atoms with Crippen molar-refractivity contribution < 1.29 is 22.0 Å². The monoisotopic (exact) mass is 384 g/mol. The fraction of sp³-hybridized carbons (Fsp3) is 0.143. The van der Waals surface area contributed by atoms with Crippen molar-refractivity contribution in [3.63, 3.8) is 0 Å². The highest BCUT2D eigenvalue weighted by Crippen LogP contribution is 2.38. The lowest BCUT2D eigenvalue weighted by Crippen LogP contribution is -2.07. The van der Waals surface area contributed by atoms with Crippen molar-refractivity contribution in [2.24, 2.45) is 0 Å². The molecule has 0 nitrogen and oxygen atoms in total. The van der Waals surface area contributed by atoms with Gasteiger partial charge >= 0.3 is 6.18 Å². The van der Waals surface area contributed by atoms with Crippen LogP contribution in [0.5, 0.6) is 0 Å². The molecule has 1 unspecified atom stereocenters. The summed E-state index contributed by atoms with van der Waals surface area (Å²) in [5, 5.41) is -1.02. The van der Waals surface area contributed by atoms with E-state index in [1.54, 1.807) is 0 Å². The van der Waals surface area contributed by atoms with Gasteiger partial charge < -0.3 is 0 Å². The van der Waals surface area contributed by atoms with E-state index in [1.165, 1.54) is 18.2 Å². The molecule has 0 N–H and O–H groups in total. The second-order valence-electron chi connectivity index (χ2n) is 4.27. The quantitative estimate of drug-likeness (QED) is 0.434. The molecule has 0 bridgehead atoms. The van der Waals surface area contributed by atoms with Crippen molar-refractivity contribution >= 4 is 27.5 Å². The molecule has 0 radical (unpaired) electrons. The zero-order valence-corrected chi connectivity index (χ0v) is 12.5. The summed E-state index contributed by atoms with van der Waals surface area (Å²) in [6.45, 7) is 0. The summed E-state index contributed by atoms with van der Waals surface area (Å²) in [5.41, 5.74) is -0.572. The molecule has 0 fully saturated rings. The van der Waals surface area contributed by atoms with Crippen LogP contribution in [0.2, 0.25) is 0 Å². The summed E-state index contributed by atoms with van der Waals surface area (Å²) in [7, 11) is 0. The summed E-state index contributed by atoms with van der Waals surface area (Å²) >= 11 is 8.88. The highest BCUT2D eigenvalue weighted by Gasteiger charge is 2.33. The molecule has 1 atom stereocenters. The Morgan fingerprint density at radius 2 is 1.48 bits per heavy atom. The van der Waals surface area contributed by atoms with Gasteiger partial charge in [0.25, 0.3) is 0 Å². The van der Waals surface area contributed by atoms with Crippen molar-refractivity contribution in [2.45, 2.75) is 11.6 Å². The van der Waals surface area contributed by atoms with E-state index in [-0.39, 0.29) is 15.6 Å². The second kappa shape index (κ2) is 5.93. The van der Waals surface area contributed by atoms with Crippen molar-refractivity contribution in [1.29, 1.82) is 0 Å². The minimum Gasteiger partial charge on any atom is -0.204 e. The first-order valence-electron chi connectivity index (χ1n) is 5.66. The second-order valence-corrected chi connectivity index (χ2v) is 5.56. The maximum Gasteiger partial charge on any atom is 0.417 e. The number of alkyl halides is 4. The lowest BCUT2D eigenvalue weighted by atomic mass is 10.0. The molecule has 0 saturated carbocycles. The molecule has 7 heteroatoms. The van der Waals surface area contributed by atoms with Gasteiger partial charge in [-0.25, -0.2) is 8.78 Å². The number of benzene rings is 2. The Morgan fingerprint density at radius 1 is 0.905 bits per heavy atom. The smallest absolute Gasteiger partial charge is 0.204 e. The molecule has 0 aliphatic rings. The molecule has 0 saturated heterocycles. The van der Waals surface area contributed by atoms with Gasteiger partial charge in [0.2, 0.25) is 0 Å². The minimum absolute atomic E-state index is 0.118. The minimum atomic E-state index is -4.54. The predicted octanol–water partition coefficient (Wildman–Crippen LogP) is 6.07. The Morgan fingerprint density at radius 3 is 2.05 bits per heavy atom. The van der Waals surface area contributed by atoms with Crippen LogP contribution >= 0.6 is 27.5 Å². The molecule has 2 aromatic carbocycles. The first kappa shape index (κ1) is 16.2. The van der Waals surface area contributed by atoms with Crippen LogP contribution in [0.25, 0.3) is 0 Å². The van der Waals surface area contributed by atoms with E-state index in [0.717, 1.165) is 18.2 Å².